The third-order valence-electron chi connectivity index (χ3n) is 4.16. The van der Waals surface area contributed by atoms with Crippen molar-refractivity contribution >= 4 is 22.4 Å². The van der Waals surface area contributed by atoms with Crippen LogP contribution in [0.2, 0.25) is 0 Å². The monoisotopic (exact) mass is 298 g/mol. The van der Waals surface area contributed by atoms with Crippen LogP contribution in [0.3, 0.4) is 0 Å². The summed E-state index contributed by atoms with van der Waals surface area (Å²) in [7, 11) is 0. The molecular weight excluding hydrogens is 280 g/mol. The summed E-state index contributed by atoms with van der Waals surface area (Å²) in [5.41, 5.74) is 3.17. The molecule has 5 heteroatoms. The molecule has 0 aromatic carbocycles. The Morgan fingerprint density at radius 3 is 3.14 bits per heavy atom. The summed E-state index contributed by atoms with van der Waals surface area (Å²) in [4.78, 5) is 14.0. The van der Waals surface area contributed by atoms with Crippen LogP contribution in [0.4, 0.5) is 0 Å². The summed E-state index contributed by atoms with van der Waals surface area (Å²) >= 11 is 1.74. The molecule has 0 amide bonds. The van der Waals surface area contributed by atoms with Crippen molar-refractivity contribution in [3.05, 3.63) is 35.6 Å². The molecule has 2 unspecified atom stereocenters. The van der Waals surface area contributed by atoms with Crippen molar-refractivity contribution in [2.24, 2.45) is 0 Å². The molecule has 2 N–H and O–H groups in total. The van der Waals surface area contributed by atoms with E-state index < -0.39 is 0 Å². The minimum Gasteiger partial charge on any atom is -0.351 e. The molecule has 21 heavy (non-hydrogen) atoms. The summed E-state index contributed by atoms with van der Waals surface area (Å²) in [5, 5.41) is 5.57. The molecule has 3 aromatic heterocycles. The molecule has 2 atom stereocenters. The largest absolute Gasteiger partial charge is 0.351 e. The third-order valence-corrected chi connectivity index (χ3v) is 5.07. The second-order valence-corrected chi connectivity index (χ2v) is 6.71. The van der Waals surface area contributed by atoms with Gasteiger partial charge >= 0.3 is 0 Å². The van der Waals surface area contributed by atoms with Crippen LogP contribution in [0, 0.1) is 0 Å². The predicted octanol–water partition coefficient (Wildman–Crippen LogP) is 3.54. The standard InChI is InChI=1S/C16H18N4S/c1-10-7-11(4-5-17-10)16-18-9-14-12(20-16)8-13(19-14)15-3-2-6-21-15/h2-3,6,8-11,17,19H,4-5,7H2,1H3. The molecule has 1 saturated heterocycles. The van der Waals surface area contributed by atoms with Crippen LogP contribution in [0.15, 0.2) is 29.8 Å². The first kappa shape index (κ1) is 13.0. The van der Waals surface area contributed by atoms with Crippen LogP contribution < -0.4 is 5.32 Å². The van der Waals surface area contributed by atoms with Crippen molar-refractivity contribution in [2.45, 2.75) is 31.7 Å². The van der Waals surface area contributed by atoms with Gasteiger partial charge in [-0.05, 0) is 43.8 Å². The number of hydrogen-bond acceptors (Lipinski definition) is 4. The van der Waals surface area contributed by atoms with Crippen LogP contribution in [0.25, 0.3) is 21.6 Å². The van der Waals surface area contributed by atoms with Crippen LogP contribution in [0.1, 0.15) is 31.5 Å². The smallest absolute Gasteiger partial charge is 0.132 e. The lowest BCUT2D eigenvalue weighted by Crippen LogP contribution is -2.35. The minimum absolute atomic E-state index is 0.478. The lowest BCUT2D eigenvalue weighted by atomic mass is 9.92. The number of H-pyrrole nitrogens is 1. The Labute approximate surface area is 127 Å². The van der Waals surface area contributed by atoms with Gasteiger partial charge in [0, 0.05) is 12.0 Å². The summed E-state index contributed by atoms with van der Waals surface area (Å²) in [6, 6.07) is 6.88. The van der Waals surface area contributed by atoms with Gasteiger partial charge in [-0.3, -0.25) is 0 Å². The van der Waals surface area contributed by atoms with E-state index in [4.69, 9.17) is 4.98 Å². The second-order valence-electron chi connectivity index (χ2n) is 5.76. The number of nitrogens with one attached hydrogen (secondary N) is 2. The zero-order valence-electron chi connectivity index (χ0n) is 12.0. The molecule has 1 fully saturated rings. The fourth-order valence-corrected chi connectivity index (χ4v) is 3.76. The lowest BCUT2D eigenvalue weighted by molar-refractivity contribution is 0.371. The Balaban J connectivity index is 1.69. The van der Waals surface area contributed by atoms with Gasteiger partial charge in [-0.1, -0.05) is 6.07 Å². The summed E-state index contributed by atoms with van der Waals surface area (Å²) in [6.07, 6.45) is 4.17. The second kappa shape index (κ2) is 5.24. The fourth-order valence-electron chi connectivity index (χ4n) is 3.06. The molecule has 1 aliphatic rings. The highest BCUT2D eigenvalue weighted by molar-refractivity contribution is 7.13. The zero-order valence-corrected chi connectivity index (χ0v) is 12.8. The highest BCUT2D eigenvalue weighted by Crippen LogP contribution is 2.29. The normalized spacial score (nSPS) is 22.7. The first-order valence-electron chi connectivity index (χ1n) is 7.42. The number of thiophene rings is 1. The van der Waals surface area contributed by atoms with Crippen molar-refractivity contribution in [2.75, 3.05) is 6.54 Å². The number of fused-ring (bicyclic) bond motifs is 1. The van der Waals surface area contributed by atoms with Crippen molar-refractivity contribution < 1.29 is 0 Å². The zero-order chi connectivity index (χ0) is 14.2. The summed E-state index contributed by atoms with van der Waals surface area (Å²) in [5.74, 6) is 1.47. The maximum absolute atomic E-state index is 4.80. The van der Waals surface area contributed by atoms with Gasteiger partial charge in [0.1, 0.15) is 5.82 Å². The highest BCUT2D eigenvalue weighted by Gasteiger charge is 2.22. The SMILES string of the molecule is CC1CC(c2ncc3[nH]c(-c4cccs4)cc3n2)CCN1. The Morgan fingerprint density at radius 1 is 1.38 bits per heavy atom. The number of hydrogen-bond donors (Lipinski definition) is 2. The van der Waals surface area contributed by atoms with Gasteiger partial charge in [0.05, 0.1) is 27.8 Å². The molecule has 0 bridgehead atoms. The maximum Gasteiger partial charge on any atom is 0.132 e. The van der Waals surface area contributed by atoms with E-state index in [9.17, 15) is 0 Å². The van der Waals surface area contributed by atoms with Crippen molar-refractivity contribution in [1.82, 2.24) is 20.3 Å². The van der Waals surface area contributed by atoms with Gasteiger partial charge in [0.15, 0.2) is 0 Å². The molecule has 3 aromatic rings. The molecule has 0 aliphatic carbocycles. The van der Waals surface area contributed by atoms with Crippen molar-refractivity contribution in [3.63, 3.8) is 0 Å². The van der Waals surface area contributed by atoms with Gasteiger partial charge in [-0.2, -0.15) is 0 Å². The first-order chi connectivity index (χ1) is 10.3. The van der Waals surface area contributed by atoms with E-state index in [1.54, 1.807) is 11.3 Å². The van der Waals surface area contributed by atoms with E-state index in [0.717, 1.165) is 41.9 Å². The number of nitrogens with zero attached hydrogens (tertiary/aromatic N) is 2. The molecule has 4 heterocycles. The van der Waals surface area contributed by atoms with Gasteiger partial charge in [-0.15, -0.1) is 11.3 Å². The highest BCUT2D eigenvalue weighted by atomic mass is 32.1. The number of rotatable bonds is 2. The Morgan fingerprint density at radius 2 is 2.33 bits per heavy atom. The quantitative estimate of drug-likeness (QED) is 0.761. The molecule has 0 spiro atoms. The molecule has 0 saturated carbocycles. The Hall–Kier alpha value is -1.72. The number of piperidine rings is 1. The molecule has 0 radical (unpaired) electrons. The third kappa shape index (κ3) is 2.47. The maximum atomic E-state index is 4.80. The molecule has 4 rings (SSSR count). The fraction of sp³-hybridized carbons (Fsp3) is 0.375. The van der Waals surface area contributed by atoms with Crippen LogP contribution in [-0.4, -0.2) is 27.5 Å². The average Bonchev–Trinajstić information content (AvgIpc) is 3.15. The molecule has 108 valence electrons. The van der Waals surface area contributed by atoms with E-state index in [0.29, 0.717) is 12.0 Å². The molecule has 1 aliphatic heterocycles. The Bertz CT molecular complexity index is 747. The summed E-state index contributed by atoms with van der Waals surface area (Å²) < 4.78 is 0. The van der Waals surface area contributed by atoms with Gasteiger partial charge in [0.2, 0.25) is 0 Å². The van der Waals surface area contributed by atoms with Crippen molar-refractivity contribution in [1.29, 1.82) is 0 Å². The van der Waals surface area contributed by atoms with E-state index in [1.165, 1.54) is 4.88 Å². The van der Waals surface area contributed by atoms with Crippen LogP contribution >= 0.6 is 11.3 Å². The number of aromatic amines is 1. The summed E-state index contributed by atoms with van der Waals surface area (Å²) in [6.45, 7) is 3.29. The van der Waals surface area contributed by atoms with Gasteiger partial charge in [-0.25, -0.2) is 9.97 Å². The minimum atomic E-state index is 0.478. The number of aromatic nitrogens is 3. The van der Waals surface area contributed by atoms with E-state index >= 15 is 0 Å². The topological polar surface area (TPSA) is 53.6 Å². The van der Waals surface area contributed by atoms with Crippen LogP contribution in [0.5, 0.6) is 0 Å². The predicted molar refractivity (Wildman–Crippen MR) is 86.6 cm³/mol. The van der Waals surface area contributed by atoms with Gasteiger partial charge in [0.25, 0.3) is 0 Å². The average molecular weight is 298 g/mol. The molecule has 4 nitrogen and oxygen atoms in total. The van der Waals surface area contributed by atoms with Crippen molar-refractivity contribution in [3.8, 4) is 10.6 Å². The van der Waals surface area contributed by atoms with Gasteiger partial charge < -0.3 is 10.3 Å². The van der Waals surface area contributed by atoms with Crippen LogP contribution in [-0.2, 0) is 0 Å². The first-order valence-corrected chi connectivity index (χ1v) is 8.30. The Kier molecular flexibility index (Phi) is 3.24. The van der Waals surface area contributed by atoms with E-state index in [-0.39, 0.29) is 0 Å². The van der Waals surface area contributed by atoms with E-state index in [1.807, 2.05) is 6.20 Å². The van der Waals surface area contributed by atoms with E-state index in [2.05, 4.69) is 45.8 Å². The lowest BCUT2D eigenvalue weighted by Gasteiger charge is -2.26. The molecular formula is C16H18N4S.